The molecule has 10 heteroatoms. The van der Waals surface area contributed by atoms with E-state index in [1.54, 1.807) is 12.0 Å². The Morgan fingerprint density at radius 1 is 1.37 bits per heavy atom. The minimum atomic E-state index is -0.505. The third-order valence-electron chi connectivity index (χ3n) is 4.53. The van der Waals surface area contributed by atoms with E-state index in [-0.39, 0.29) is 12.1 Å². The molecule has 1 aliphatic heterocycles. The molecular weight excluding hydrogens is 386 g/mol. The summed E-state index contributed by atoms with van der Waals surface area (Å²) in [7, 11) is 1.64. The number of aryl methyl sites for hydroxylation is 1. The number of rotatable bonds is 8. The van der Waals surface area contributed by atoms with E-state index in [0.29, 0.717) is 26.2 Å². The molecule has 0 saturated heterocycles. The van der Waals surface area contributed by atoms with Crippen molar-refractivity contribution >= 4 is 12.1 Å². The average Bonchev–Trinajstić information content (AvgIpc) is 3.05. The van der Waals surface area contributed by atoms with E-state index in [1.807, 2.05) is 39.3 Å². The molecule has 0 bridgehead atoms. The van der Waals surface area contributed by atoms with E-state index in [1.165, 1.54) is 0 Å². The molecule has 1 atom stereocenters. The monoisotopic (exact) mass is 423 g/mol. The lowest BCUT2D eigenvalue weighted by molar-refractivity contribution is 0.0266. The zero-order valence-corrected chi connectivity index (χ0v) is 19.2. The summed E-state index contributed by atoms with van der Waals surface area (Å²) in [6, 6.07) is 0.209. The maximum atomic E-state index is 12.3. The number of aliphatic imine (C=N–C) groups is 1. The summed E-state index contributed by atoms with van der Waals surface area (Å²) in [6.45, 7) is 13.1. The summed E-state index contributed by atoms with van der Waals surface area (Å²) < 4.78 is 12.5. The highest BCUT2D eigenvalue weighted by Crippen LogP contribution is 2.13. The van der Waals surface area contributed by atoms with E-state index < -0.39 is 5.60 Å². The SMILES string of the molecule is CCNC(=NCCN(CC)C(=O)OC(C)(C)C)NC1CCc2nc(COC)nn2C1. The maximum absolute atomic E-state index is 12.3. The zero-order valence-electron chi connectivity index (χ0n) is 19.2. The van der Waals surface area contributed by atoms with Crippen molar-refractivity contribution in [2.24, 2.45) is 4.99 Å². The van der Waals surface area contributed by atoms with Crippen molar-refractivity contribution in [2.75, 3.05) is 33.3 Å². The number of carbonyl (C=O) groups excluding carboxylic acids is 1. The van der Waals surface area contributed by atoms with Gasteiger partial charge in [0.25, 0.3) is 0 Å². The molecule has 30 heavy (non-hydrogen) atoms. The molecular formula is C20H37N7O3. The van der Waals surface area contributed by atoms with Gasteiger partial charge in [-0.3, -0.25) is 4.99 Å². The van der Waals surface area contributed by atoms with Crippen molar-refractivity contribution < 1.29 is 14.3 Å². The van der Waals surface area contributed by atoms with Crippen LogP contribution in [0.4, 0.5) is 4.79 Å². The molecule has 2 heterocycles. The number of hydrogen-bond acceptors (Lipinski definition) is 6. The Balaban J connectivity index is 1.91. The maximum Gasteiger partial charge on any atom is 0.410 e. The first-order valence-corrected chi connectivity index (χ1v) is 10.7. The van der Waals surface area contributed by atoms with E-state index in [4.69, 9.17) is 9.47 Å². The smallest absolute Gasteiger partial charge is 0.410 e. The van der Waals surface area contributed by atoms with Crippen LogP contribution < -0.4 is 10.6 Å². The molecule has 0 aliphatic carbocycles. The number of hydrogen-bond donors (Lipinski definition) is 2. The summed E-state index contributed by atoms with van der Waals surface area (Å²) in [4.78, 5) is 23.1. The number of guanidine groups is 1. The van der Waals surface area contributed by atoms with Gasteiger partial charge in [-0.25, -0.2) is 14.5 Å². The van der Waals surface area contributed by atoms with Gasteiger partial charge in [0.15, 0.2) is 11.8 Å². The number of likely N-dealkylation sites (N-methyl/N-ethyl adjacent to an activating group) is 1. The topological polar surface area (TPSA) is 106 Å². The largest absolute Gasteiger partial charge is 0.444 e. The van der Waals surface area contributed by atoms with Crippen molar-refractivity contribution in [3.05, 3.63) is 11.6 Å². The highest BCUT2D eigenvalue weighted by molar-refractivity contribution is 5.80. The van der Waals surface area contributed by atoms with Crippen LogP contribution in [0, 0.1) is 0 Å². The third kappa shape index (κ3) is 7.47. The fourth-order valence-corrected chi connectivity index (χ4v) is 3.17. The summed E-state index contributed by atoms with van der Waals surface area (Å²) in [5, 5.41) is 11.3. The predicted octanol–water partition coefficient (Wildman–Crippen LogP) is 1.55. The Hall–Kier alpha value is -2.36. The van der Waals surface area contributed by atoms with Gasteiger partial charge in [0.2, 0.25) is 0 Å². The molecule has 2 N–H and O–H groups in total. The summed E-state index contributed by atoms with van der Waals surface area (Å²) >= 11 is 0. The normalized spacial score (nSPS) is 16.7. The Labute approximate surface area is 179 Å². The number of carbonyl (C=O) groups is 1. The molecule has 0 spiro atoms. The van der Waals surface area contributed by atoms with Crippen LogP contribution in [0.1, 0.15) is 52.7 Å². The van der Waals surface area contributed by atoms with Gasteiger partial charge < -0.3 is 25.0 Å². The van der Waals surface area contributed by atoms with E-state index >= 15 is 0 Å². The van der Waals surface area contributed by atoms with Crippen LogP contribution in [0.5, 0.6) is 0 Å². The molecule has 1 unspecified atom stereocenters. The number of aromatic nitrogens is 3. The van der Waals surface area contributed by atoms with Crippen LogP contribution in [-0.2, 0) is 29.0 Å². The first kappa shape index (κ1) is 23.9. The van der Waals surface area contributed by atoms with Crippen LogP contribution in [0.25, 0.3) is 0 Å². The number of nitrogens with one attached hydrogen (secondary N) is 2. The zero-order chi connectivity index (χ0) is 22.1. The second-order valence-electron chi connectivity index (χ2n) is 8.26. The highest BCUT2D eigenvalue weighted by Gasteiger charge is 2.23. The van der Waals surface area contributed by atoms with Gasteiger partial charge in [0, 0.05) is 39.2 Å². The lowest BCUT2D eigenvalue weighted by Crippen LogP contribution is -2.47. The molecule has 1 aliphatic rings. The summed E-state index contributed by atoms with van der Waals surface area (Å²) in [5.74, 6) is 2.46. The van der Waals surface area contributed by atoms with Crippen molar-refractivity contribution in [2.45, 2.75) is 72.3 Å². The van der Waals surface area contributed by atoms with Gasteiger partial charge in [-0.05, 0) is 41.0 Å². The van der Waals surface area contributed by atoms with Crippen LogP contribution in [0.15, 0.2) is 4.99 Å². The standard InChI is InChI=1S/C20H37N7O3/c1-7-21-18(22-11-12-26(8-2)19(28)30-20(3,4)5)23-15-9-10-17-24-16(14-29-6)25-27(17)13-15/h15H,7-14H2,1-6H3,(H2,21,22,23). The molecule has 0 aromatic carbocycles. The summed E-state index contributed by atoms with van der Waals surface area (Å²) in [5.41, 5.74) is -0.505. The van der Waals surface area contributed by atoms with Gasteiger partial charge in [-0.1, -0.05) is 0 Å². The predicted molar refractivity (Wildman–Crippen MR) is 115 cm³/mol. The Morgan fingerprint density at radius 3 is 2.77 bits per heavy atom. The fraction of sp³-hybridized carbons (Fsp3) is 0.800. The van der Waals surface area contributed by atoms with E-state index in [0.717, 1.165) is 43.5 Å². The lowest BCUT2D eigenvalue weighted by Gasteiger charge is -2.27. The van der Waals surface area contributed by atoms with Gasteiger partial charge in [-0.15, -0.1) is 0 Å². The second kappa shape index (κ2) is 11.1. The van der Waals surface area contributed by atoms with E-state index in [2.05, 4.69) is 25.7 Å². The van der Waals surface area contributed by atoms with Gasteiger partial charge in [-0.2, -0.15) is 5.10 Å². The van der Waals surface area contributed by atoms with Crippen molar-refractivity contribution in [3.63, 3.8) is 0 Å². The van der Waals surface area contributed by atoms with Crippen LogP contribution in [0.3, 0.4) is 0 Å². The molecule has 0 saturated carbocycles. The average molecular weight is 424 g/mol. The minimum Gasteiger partial charge on any atom is -0.444 e. The van der Waals surface area contributed by atoms with Crippen LogP contribution in [-0.4, -0.2) is 76.6 Å². The summed E-state index contributed by atoms with van der Waals surface area (Å²) in [6.07, 6.45) is 1.50. The van der Waals surface area contributed by atoms with Gasteiger partial charge >= 0.3 is 6.09 Å². The molecule has 1 aromatic rings. The fourth-order valence-electron chi connectivity index (χ4n) is 3.17. The third-order valence-corrected chi connectivity index (χ3v) is 4.53. The van der Waals surface area contributed by atoms with E-state index in [9.17, 15) is 4.79 Å². The lowest BCUT2D eigenvalue weighted by atomic mass is 10.1. The second-order valence-corrected chi connectivity index (χ2v) is 8.26. The van der Waals surface area contributed by atoms with Gasteiger partial charge in [0.1, 0.15) is 18.0 Å². The first-order valence-electron chi connectivity index (χ1n) is 10.7. The Morgan fingerprint density at radius 2 is 2.13 bits per heavy atom. The number of methoxy groups -OCH3 is 1. The number of fused-ring (bicyclic) bond motifs is 1. The van der Waals surface area contributed by atoms with Crippen molar-refractivity contribution in [1.29, 1.82) is 0 Å². The highest BCUT2D eigenvalue weighted by atomic mass is 16.6. The molecule has 170 valence electrons. The molecule has 1 amide bonds. The Bertz CT molecular complexity index is 712. The molecule has 10 nitrogen and oxygen atoms in total. The van der Waals surface area contributed by atoms with Crippen LogP contribution in [0.2, 0.25) is 0 Å². The minimum absolute atomic E-state index is 0.209. The van der Waals surface area contributed by atoms with Crippen molar-refractivity contribution in [3.8, 4) is 0 Å². The van der Waals surface area contributed by atoms with Gasteiger partial charge in [0.05, 0.1) is 13.1 Å². The molecule has 0 fully saturated rings. The molecule has 2 rings (SSSR count). The number of ether oxygens (including phenoxy) is 2. The Kier molecular flexibility index (Phi) is 8.88. The quantitative estimate of drug-likeness (QED) is 0.483. The molecule has 0 radical (unpaired) electrons. The van der Waals surface area contributed by atoms with Crippen LogP contribution >= 0.6 is 0 Å². The number of amides is 1. The van der Waals surface area contributed by atoms with Crippen molar-refractivity contribution in [1.82, 2.24) is 30.3 Å². The molecule has 1 aromatic heterocycles. The number of nitrogens with zero attached hydrogens (tertiary/aromatic N) is 5. The first-order chi connectivity index (χ1) is 14.3.